The van der Waals surface area contributed by atoms with Gasteiger partial charge in [-0.2, -0.15) is 9.78 Å². The van der Waals surface area contributed by atoms with Crippen molar-refractivity contribution in [3.8, 4) is 17.1 Å². The van der Waals surface area contributed by atoms with Crippen LogP contribution in [0.1, 0.15) is 5.69 Å². The minimum absolute atomic E-state index is 0.747. The van der Waals surface area contributed by atoms with E-state index in [9.17, 15) is 0 Å². The van der Waals surface area contributed by atoms with Crippen LogP contribution in [0.2, 0.25) is 0 Å². The van der Waals surface area contributed by atoms with Crippen molar-refractivity contribution in [2.75, 3.05) is 0 Å². The highest BCUT2D eigenvalue weighted by Crippen LogP contribution is 2.16. The van der Waals surface area contributed by atoms with E-state index in [1.807, 2.05) is 49.5 Å². The highest BCUT2D eigenvalue weighted by molar-refractivity contribution is 5.57. The lowest BCUT2D eigenvalue weighted by Crippen LogP contribution is -1.94. The van der Waals surface area contributed by atoms with Gasteiger partial charge in [0.2, 0.25) is 0 Å². The Labute approximate surface area is 98.1 Å². The first-order valence-electron chi connectivity index (χ1n) is 5.33. The smallest absolute Gasteiger partial charge is 0.176 e. The topological polar surface area (TPSA) is 59.4 Å². The van der Waals surface area contributed by atoms with E-state index in [4.69, 9.17) is 0 Å². The Balaban J connectivity index is 1.99. The molecule has 2 aromatic heterocycles. The second-order valence-electron chi connectivity index (χ2n) is 3.82. The third-order valence-corrected chi connectivity index (χ3v) is 2.49. The van der Waals surface area contributed by atoms with Gasteiger partial charge in [0, 0.05) is 17.3 Å². The lowest BCUT2D eigenvalue weighted by molar-refractivity contribution is 0.776. The average molecular weight is 225 g/mol. The number of aryl methyl sites for hydroxylation is 1. The van der Waals surface area contributed by atoms with E-state index in [2.05, 4.69) is 20.5 Å². The van der Waals surface area contributed by atoms with Crippen LogP contribution in [0.25, 0.3) is 17.1 Å². The molecule has 17 heavy (non-hydrogen) atoms. The molecule has 0 atom stereocenters. The molecule has 0 unspecified atom stereocenters. The van der Waals surface area contributed by atoms with Crippen LogP contribution in [-0.2, 0) is 0 Å². The molecule has 3 aromatic rings. The average Bonchev–Trinajstić information content (AvgIpc) is 2.98. The van der Waals surface area contributed by atoms with Crippen LogP contribution in [0.3, 0.4) is 0 Å². The molecule has 5 nitrogen and oxygen atoms in total. The zero-order chi connectivity index (χ0) is 11.7. The summed E-state index contributed by atoms with van der Waals surface area (Å²) in [6, 6.07) is 11.9. The third kappa shape index (κ3) is 1.82. The highest BCUT2D eigenvalue weighted by atomic mass is 15.5. The molecular formula is C12H11N5. The highest BCUT2D eigenvalue weighted by Gasteiger charge is 2.06. The quantitative estimate of drug-likeness (QED) is 0.725. The summed E-state index contributed by atoms with van der Waals surface area (Å²) in [7, 11) is 0. The van der Waals surface area contributed by atoms with Crippen LogP contribution in [0.4, 0.5) is 0 Å². The van der Waals surface area contributed by atoms with Crippen LogP contribution < -0.4 is 0 Å². The van der Waals surface area contributed by atoms with E-state index >= 15 is 0 Å². The molecule has 84 valence electrons. The molecule has 0 bridgehead atoms. The van der Waals surface area contributed by atoms with Gasteiger partial charge in [-0.3, -0.25) is 5.10 Å². The molecule has 0 spiro atoms. The molecule has 3 rings (SSSR count). The van der Waals surface area contributed by atoms with Crippen LogP contribution in [0.15, 0.2) is 42.6 Å². The fourth-order valence-electron chi connectivity index (χ4n) is 1.64. The van der Waals surface area contributed by atoms with E-state index in [1.165, 1.54) is 0 Å². The molecule has 0 aliphatic rings. The fraction of sp³-hybridized carbons (Fsp3) is 0.0833. The zero-order valence-corrected chi connectivity index (χ0v) is 9.33. The maximum atomic E-state index is 4.13. The second-order valence-corrected chi connectivity index (χ2v) is 3.82. The van der Waals surface area contributed by atoms with E-state index in [0.717, 1.165) is 22.8 Å². The van der Waals surface area contributed by atoms with Crippen molar-refractivity contribution in [3.63, 3.8) is 0 Å². The Morgan fingerprint density at radius 1 is 1.18 bits per heavy atom. The van der Waals surface area contributed by atoms with E-state index in [0.29, 0.717) is 0 Å². The van der Waals surface area contributed by atoms with Crippen LogP contribution in [0.5, 0.6) is 0 Å². The largest absolute Gasteiger partial charge is 0.281 e. The lowest BCUT2D eigenvalue weighted by atomic mass is 10.2. The van der Waals surface area contributed by atoms with Gasteiger partial charge in [-0.25, -0.2) is 0 Å². The molecule has 0 aliphatic heterocycles. The summed E-state index contributed by atoms with van der Waals surface area (Å²) in [5, 5.41) is 15.2. The summed E-state index contributed by atoms with van der Waals surface area (Å²) in [4.78, 5) is 0. The number of nitrogens with one attached hydrogen (secondary N) is 1. The number of aromatic nitrogens is 5. The zero-order valence-electron chi connectivity index (χ0n) is 9.33. The predicted molar refractivity (Wildman–Crippen MR) is 63.7 cm³/mol. The van der Waals surface area contributed by atoms with Crippen molar-refractivity contribution < 1.29 is 0 Å². The summed E-state index contributed by atoms with van der Waals surface area (Å²) in [6.45, 7) is 1.95. The minimum Gasteiger partial charge on any atom is -0.281 e. The second kappa shape index (κ2) is 3.86. The molecule has 1 N–H and O–H groups in total. The standard InChI is InChI=1S/C12H11N5/c1-9-7-12(15-13-9)17-8-11(14-16-17)10-5-3-2-4-6-10/h2-8H,1H3,(H,13,15). The molecule has 0 amide bonds. The summed E-state index contributed by atoms with van der Waals surface area (Å²) >= 11 is 0. The summed E-state index contributed by atoms with van der Waals surface area (Å²) in [6.07, 6.45) is 1.87. The Morgan fingerprint density at radius 2 is 2.00 bits per heavy atom. The van der Waals surface area contributed by atoms with E-state index in [1.54, 1.807) is 4.68 Å². The van der Waals surface area contributed by atoms with Crippen LogP contribution in [-0.4, -0.2) is 25.2 Å². The molecule has 0 radical (unpaired) electrons. The van der Waals surface area contributed by atoms with Gasteiger partial charge < -0.3 is 0 Å². The fourth-order valence-corrected chi connectivity index (χ4v) is 1.64. The first kappa shape index (κ1) is 9.77. The Morgan fingerprint density at radius 3 is 2.71 bits per heavy atom. The lowest BCUT2D eigenvalue weighted by Gasteiger charge is -1.92. The minimum atomic E-state index is 0.747. The van der Waals surface area contributed by atoms with E-state index < -0.39 is 0 Å². The van der Waals surface area contributed by atoms with Gasteiger partial charge >= 0.3 is 0 Å². The maximum Gasteiger partial charge on any atom is 0.176 e. The van der Waals surface area contributed by atoms with Gasteiger partial charge in [-0.1, -0.05) is 35.5 Å². The van der Waals surface area contributed by atoms with Crippen molar-refractivity contribution in [3.05, 3.63) is 48.3 Å². The van der Waals surface area contributed by atoms with Gasteiger partial charge in [0.15, 0.2) is 5.82 Å². The van der Waals surface area contributed by atoms with Crippen molar-refractivity contribution in [2.45, 2.75) is 6.92 Å². The predicted octanol–water partition coefficient (Wildman–Crippen LogP) is 1.97. The van der Waals surface area contributed by atoms with Crippen LogP contribution >= 0.6 is 0 Å². The Hall–Kier alpha value is -2.43. The van der Waals surface area contributed by atoms with Gasteiger partial charge in [-0.05, 0) is 6.92 Å². The molecule has 0 fully saturated rings. The first-order chi connectivity index (χ1) is 8.33. The molecule has 0 aliphatic carbocycles. The first-order valence-corrected chi connectivity index (χ1v) is 5.33. The van der Waals surface area contributed by atoms with Gasteiger partial charge in [0.25, 0.3) is 0 Å². The third-order valence-electron chi connectivity index (χ3n) is 2.49. The SMILES string of the molecule is Cc1cc(-n2cc(-c3ccccc3)nn2)n[nH]1. The van der Waals surface area contributed by atoms with Gasteiger partial charge in [0.1, 0.15) is 5.69 Å². The number of benzene rings is 1. The van der Waals surface area contributed by atoms with Gasteiger partial charge in [0.05, 0.1) is 6.20 Å². The molecule has 0 saturated heterocycles. The summed E-state index contributed by atoms with van der Waals surface area (Å²) < 4.78 is 1.66. The molecule has 1 aromatic carbocycles. The molecule has 0 saturated carbocycles. The van der Waals surface area contributed by atoms with Crippen molar-refractivity contribution in [2.24, 2.45) is 0 Å². The maximum absolute atomic E-state index is 4.13. The Bertz CT molecular complexity index is 623. The normalized spacial score (nSPS) is 10.6. The summed E-state index contributed by atoms with van der Waals surface area (Å²) in [5.41, 5.74) is 2.88. The molecule has 2 heterocycles. The van der Waals surface area contributed by atoms with E-state index in [-0.39, 0.29) is 0 Å². The molecular weight excluding hydrogens is 214 g/mol. The number of hydrogen-bond donors (Lipinski definition) is 1. The number of nitrogens with zero attached hydrogens (tertiary/aromatic N) is 4. The van der Waals surface area contributed by atoms with Gasteiger partial charge in [-0.15, -0.1) is 5.10 Å². The number of hydrogen-bond acceptors (Lipinski definition) is 3. The van der Waals surface area contributed by atoms with Crippen molar-refractivity contribution >= 4 is 0 Å². The van der Waals surface area contributed by atoms with Crippen LogP contribution in [0, 0.1) is 6.92 Å². The summed E-state index contributed by atoms with van der Waals surface area (Å²) in [5.74, 6) is 0.747. The van der Waals surface area contributed by atoms with Crippen molar-refractivity contribution in [1.82, 2.24) is 25.2 Å². The monoisotopic (exact) mass is 225 g/mol. The number of rotatable bonds is 2. The molecule has 5 heteroatoms. The van der Waals surface area contributed by atoms with Crippen molar-refractivity contribution in [1.29, 1.82) is 0 Å². The number of aromatic amines is 1. The Kier molecular flexibility index (Phi) is 2.22. The number of H-pyrrole nitrogens is 1.